The summed E-state index contributed by atoms with van der Waals surface area (Å²) in [4.78, 5) is 24.4. The highest BCUT2D eigenvalue weighted by Gasteiger charge is 2.21. The molecule has 2 heterocycles. The van der Waals surface area contributed by atoms with Gasteiger partial charge in [-0.1, -0.05) is 47.4 Å². The SMILES string of the molecule is Cc1nn(Cc2ccc(C(=O)Nc3ccccc3Sc3nncs3)cc2)c(C)c1[N+](=O)[O-]. The topological polar surface area (TPSA) is 116 Å². The van der Waals surface area contributed by atoms with Crippen LogP contribution in [0.5, 0.6) is 0 Å². The lowest BCUT2D eigenvalue weighted by Gasteiger charge is -2.10. The van der Waals surface area contributed by atoms with Gasteiger partial charge in [0, 0.05) is 10.5 Å². The first-order valence-electron chi connectivity index (χ1n) is 9.54. The van der Waals surface area contributed by atoms with Crippen molar-refractivity contribution in [2.24, 2.45) is 0 Å². The van der Waals surface area contributed by atoms with Crippen molar-refractivity contribution in [1.29, 1.82) is 0 Å². The lowest BCUT2D eigenvalue weighted by molar-refractivity contribution is -0.386. The minimum atomic E-state index is -0.414. The number of nitro groups is 1. The summed E-state index contributed by atoms with van der Waals surface area (Å²) in [5.74, 6) is -0.233. The van der Waals surface area contributed by atoms with Crippen LogP contribution in [0.15, 0.2) is 63.3 Å². The fourth-order valence-electron chi connectivity index (χ4n) is 3.19. The van der Waals surface area contributed by atoms with E-state index in [0.717, 1.165) is 14.8 Å². The Kier molecular flexibility index (Phi) is 6.28. The molecule has 0 fully saturated rings. The number of rotatable bonds is 7. The quantitative estimate of drug-likeness (QED) is 0.310. The van der Waals surface area contributed by atoms with Crippen LogP contribution in [-0.4, -0.2) is 30.8 Å². The molecular formula is C21H18N6O3S2. The van der Waals surface area contributed by atoms with Crippen LogP contribution in [0.2, 0.25) is 0 Å². The summed E-state index contributed by atoms with van der Waals surface area (Å²) in [5, 5.41) is 26.3. The Balaban J connectivity index is 1.47. The first-order chi connectivity index (χ1) is 15.4. The number of anilines is 1. The Bertz CT molecular complexity index is 1270. The zero-order valence-electron chi connectivity index (χ0n) is 17.2. The minimum absolute atomic E-state index is 0.0334. The van der Waals surface area contributed by atoms with Gasteiger partial charge in [0.15, 0.2) is 4.34 Å². The van der Waals surface area contributed by atoms with Crippen LogP contribution in [0.1, 0.15) is 27.3 Å². The van der Waals surface area contributed by atoms with E-state index in [-0.39, 0.29) is 11.6 Å². The summed E-state index contributed by atoms with van der Waals surface area (Å²) < 4.78 is 2.39. The van der Waals surface area contributed by atoms with Crippen LogP contribution in [0.3, 0.4) is 0 Å². The summed E-state index contributed by atoms with van der Waals surface area (Å²) in [6, 6.07) is 14.6. The highest BCUT2D eigenvalue weighted by Crippen LogP contribution is 2.34. The highest BCUT2D eigenvalue weighted by molar-refractivity contribution is 8.01. The monoisotopic (exact) mass is 466 g/mol. The van der Waals surface area contributed by atoms with Crippen LogP contribution in [0.25, 0.3) is 0 Å². The van der Waals surface area contributed by atoms with Gasteiger partial charge < -0.3 is 5.32 Å². The zero-order chi connectivity index (χ0) is 22.7. The molecule has 1 amide bonds. The summed E-state index contributed by atoms with van der Waals surface area (Å²) in [6.07, 6.45) is 0. The number of aromatic nitrogens is 4. The number of benzene rings is 2. The smallest absolute Gasteiger partial charge is 0.312 e. The van der Waals surface area contributed by atoms with E-state index < -0.39 is 4.92 Å². The van der Waals surface area contributed by atoms with Gasteiger partial charge in [0.25, 0.3) is 5.91 Å². The van der Waals surface area contributed by atoms with Crippen molar-refractivity contribution in [2.75, 3.05) is 5.32 Å². The molecule has 9 nitrogen and oxygen atoms in total. The maximum atomic E-state index is 12.8. The van der Waals surface area contributed by atoms with Crippen molar-refractivity contribution in [3.05, 3.63) is 86.7 Å². The molecule has 11 heteroatoms. The summed E-state index contributed by atoms with van der Waals surface area (Å²) in [6.45, 7) is 3.68. The first-order valence-corrected chi connectivity index (χ1v) is 11.2. The second kappa shape index (κ2) is 9.28. The molecule has 4 aromatic rings. The van der Waals surface area contributed by atoms with Crippen molar-refractivity contribution in [3.8, 4) is 0 Å². The van der Waals surface area contributed by atoms with Gasteiger partial charge in [-0.25, -0.2) is 0 Å². The lowest BCUT2D eigenvalue weighted by atomic mass is 10.1. The number of nitrogens with zero attached hydrogens (tertiary/aromatic N) is 5. The van der Waals surface area contributed by atoms with Crippen molar-refractivity contribution >= 4 is 40.4 Å². The lowest BCUT2D eigenvalue weighted by Crippen LogP contribution is -2.12. The van der Waals surface area contributed by atoms with E-state index in [1.807, 2.05) is 36.4 Å². The Morgan fingerprint density at radius 2 is 1.94 bits per heavy atom. The molecule has 162 valence electrons. The molecule has 0 aliphatic carbocycles. The van der Waals surface area contributed by atoms with Crippen molar-refractivity contribution in [2.45, 2.75) is 29.6 Å². The standard InChI is InChI=1S/C21H18N6O3S2/c1-13-19(27(29)30)14(2)26(25-13)11-15-7-9-16(10-8-15)20(28)23-17-5-3-4-6-18(17)32-21-24-22-12-31-21/h3-10,12H,11H2,1-2H3,(H,23,28). The van der Waals surface area contributed by atoms with Gasteiger partial charge in [-0.2, -0.15) is 5.10 Å². The van der Waals surface area contributed by atoms with E-state index in [9.17, 15) is 14.9 Å². The summed E-state index contributed by atoms with van der Waals surface area (Å²) >= 11 is 2.87. The molecule has 0 radical (unpaired) electrons. The molecular weight excluding hydrogens is 448 g/mol. The minimum Gasteiger partial charge on any atom is -0.321 e. The van der Waals surface area contributed by atoms with Gasteiger partial charge >= 0.3 is 5.69 Å². The van der Waals surface area contributed by atoms with E-state index in [0.29, 0.717) is 29.2 Å². The van der Waals surface area contributed by atoms with Crippen LogP contribution < -0.4 is 5.32 Å². The van der Waals surface area contributed by atoms with Crippen LogP contribution in [0, 0.1) is 24.0 Å². The molecule has 0 bridgehead atoms. The van der Waals surface area contributed by atoms with E-state index >= 15 is 0 Å². The van der Waals surface area contributed by atoms with E-state index in [1.165, 1.54) is 23.1 Å². The van der Waals surface area contributed by atoms with Crippen LogP contribution in [0.4, 0.5) is 11.4 Å². The van der Waals surface area contributed by atoms with E-state index in [4.69, 9.17) is 0 Å². The Morgan fingerprint density at radius 1 is 1.19 bits per heavy atom. The first kappa shape index (κ1) is 21.7. The molecule has 0 aliphatic rings. The largest absolute Gasteiger partial charge is 0.321 e. The number of aryl methyl sites for hydroxylation is 1. The van der Waals surface area contributed by atoms with Gasteiger partial charge in [-0.3, -0.25) is 19.6 Å². The van der Waals surface area contributed by atoms with Gasteiger partial charge in [0.1, 0.15) is 16.9 Å². The van der Waals surface area contributed by atoms with Crippen molar-refractivity contribution in [3.63, 3.8) is 0 Å². The number of carbonyl (C=O) groups excluding carboxylic acids is 1. The third-order valence-corrected chi connectivity index (χ3v) is 6.60. The third-order valence-electron chi connectivity index (χ3n) is 4.75. The molecule has 4 rings (SSSR count). The average molecular weight is 467 g/mol. The molecule has 0 atom stereocenters. The summed E-state index contributed by atoms with van der Waals surface area (Å²) in [5.41, 5.74) is 4.66. The van der Waals surface area contributed by atoms with Gasteiger partial charge in [-0.05, 0) is 43.7 Å². The number of para-hydroxylation sites is 1. The molecule has 1 N–H and O–H groups in total. The second-order valence-corrected chi connectivity index (χ2v) is 9.01. The normalized spacial score (nSPS) is 10.8. The number of hydrogen-bond acceptors (Lipinski definition) is 8. The Morgan fingerprint density at radius 3 is 2.59 bits per heavy atom. The van der Waals surface area contributed by atoms with Crippen LogP contribution >= 0.6 is 23.1 Å². The Labute approximate surface area is 191 Å². The maximum absolute atomic E-state index is 12.8. The Hall–Kier alpha value is -3.57. The molecule has 32 heavy (non-hydrogen) atoms. The van der Waals surface area contributed by atoms with E-state index in [2.05, 4.69) is 20.6 Å². The van der Waals surface area contributed by atoms with Crippen molar-refractivity contribution < 1.29 is 9.72 Å². The molecule has 2 aromatic heterocycles. The maximum Gasteiger partial charge on any atom is 0.312 e. The fourth-order valence-corrected chi connectivity index (χ4v) is 4.72. The number of amides is 1. The van der Waals surface area contributed by atoms with Crippen LogP contribution in [-0.2, 0) is 6.54 Å². The molecule has 0 unspecified atom stereocenters. The molecule has 0 saturated heterocycles. The number of carbonyl (C=O) groups is 1. The fraction of sp³-hybridized carbons (Fsp3) is 0.143. The zero-order valence-corrected chi connectivity index (χ0v) is 18.8. The average Bonchev–Trinajstić information content (AvgIpc) is 3.37. The summed E-state index contributed by atoms with van der Waals surface area (Å²) in [7, 11) is 0. The van der Waals surface area contributed by atoms with Crippen molar-refractivity contribution in [1.82, 2.24) is 20.0 Å². The van der Waals surface area contributed by atoms with Gasteiger partial charge in [0.2, 0.25) is 0 Å². The predicted molar refractivity (Wildman–Crippen MR) is 122 cm³/mol. The molecule has 0 spiro atoms. The van der Waals surface area contributed by atoms with E-state index in [1.54, 1.807) is 36.2 Å². The molecule has 2 aromatic carbocycles. The van der Waals surface area contributed by atoms with Gasteiger partial charge in [-0.15, -0.1) is 10.2 Å². The second-order valence-electron chi connectivity index (χ2n) is 6.89. The molecule has 0 aliphatic heterocycles. The highest BCUT2D eigenvalue weighted by atomic mass is 32.2. The molecule has 0 saturated carbocycles. The number of nitrogens with one attached hydrogen (secondary N) is 1. The van der Waals surface area contributed by atoms with Gasteiger partial charge in [0.05, 0.1) is 17.2 Å². The third kappa shape index (κ3) is 4.68. The predicted octanol–water partition coefficient (Wildman–Crippen LogP) is 4.71. The number of hydrogen-bond donors (Lipinski definition) is 1.